The Morgan fingerprint density at radius 2 is 1.48 bits per heavy atom. The summed E-state index contributed by atoms with van der Waals surface area (Å²) in [6, 6.07) is 3.75. The lowest BCUT2D eigenvalue weighted by Gasteiger charge is -2.22. The number of rotatable bonds is 14. The van der Waals surface area contributed by atoms with Gasteiger partial charge in [-0.15, -0.1) is 0 Å². The normalized spacial score (nSPS) is 10.8. The van der Waals surface area contributed by atoms with Crippen molar-refractivity contribution in [3.8, 4) is 5.75 Å². The van der Waals surface area contributed by atoms with E-state index in [-0.39, 0.29) is 42.5 Å². The minimum atomic E-state index is -3.67. The third-order valence-corrected chi connectivity index (χ3v) is 4.47. The second-order valence-electron chi connectivity index (χ2n) is 9.12. The van der Waals surface area contributed by atoms with Gasteiger partial charge in [0.1, 0.15) is 18.4 Å². The van der Waals surface area contributed by atoms with Crippen LogP contribution in [-0.4, -0.2) is 85.8 Å². The van der Waals surface area contributed by atoms with Gasteiger partial charge in [-0.3, -0.25) is 23.7 Å². The van der Waals surface area contributed by atoms with Gasteiger partial charge in [-0.05, 0) is 23.6 Å². The molecule has 0 saturated carbocycles. The molecule has 0 heterocycles. The number of anilines is 1. The molecule has 0 radical (unpaired) electrons. The van der Waals surface area contributed by atoms with Crippen molar-refractivity contribution >= 4 is 45.5 Å². The van der Waals surface area contributed by atoms with Crippen molar-refractivity contribution in [1.29, 1.82) is 0 Å². The summed E-state index contributed by atoms with van der Waals surface area (Å²) < 4.78 is 36.0. The lowest BCUT2D eigenvalue weighted by atomic mass is 10.0. The Labute approximate surface area is 260 Å². The van der Waals surface area contributed by atoms with E-state index < -0.39 is 53.1 Å². The van der Waals surface area contributed by atoms with Gasteiger partial charge in [0.05, 0.1) is 25.0 Å². The fraction of sp³-hybridized carbons (Fsp3) is 0.607. The second kappa shape index (κ2) is 24.7. The molecule has 1 aromatic rings. The van der Waals surface area contributed by atoms with Gasteiger partial charge in [0.2, 0.25) is 17.7 Å². The predicted octanol–water partition coefficient (Wildman–Crippen LogP) is 1.96. The number of carboxylic acid groups (broad SMARTS) is 1. The summed E-state index contributed by atoms with van der Waals surface area (Å²) in [5.41, 5.74) is 0.694. The molecule has 15 nitrogen and oxygen atoms in total. The molecule has 0 bridgehead atoms. The molecule has 0 aliphatic carbocycles. The van der Waals surface area contributed by atoms with E-state index in [1.54, 1.807) is 19.9 Å². The zero-order chi connectivity index (χ0) is 35.0. The van der Waals surface area contributed by atoms with E-state index >= 15 is 0 Å². The van der Waals surface area contributed by atoms with Gasteiger partial charge in [-0.2, -0.15) is 8.42 Å². The van der Waals surface area contributed by atoms with Crippen molar-refractivity contribution in [2.45, 2.75) is 81.0 Å². The number of esters is 1. The van der Waals surface area contributed by atoms with Gasteiger partial charge < -0.3 is 35.8 Å². The first kappa shape index (κ1) is 44.7. The number of benzene rings is 1. The first-order chi connectivity index (χ1) is 20.4. The largest absolute Gasteiger partial charge is 0.480 e. The monoisotopic (exact) mass is 650 g/mol. The highest BCUT2D eigenvalue weighted by atomic mass is 32.2. The van der Waals surface area contributed by atoms with E-state index in [1.807, 2.05) is 41.5 Å². The Morgan fingerprint density at radius 3 is 1.93 bits per heavy atom. The van der Waals surface area contributed by atoms with Crippen molar-refractivity contribution < 1.29 is 51.5 Å². The van der Waals surface area contributed by atoms with Crippen LogP contribution in [0.3, 0.4) is 0 Å². The maximum atomic E-state index is 12.6. The van der Waals surface area contributed by atoms with Crippen LogP contribution in [0.5, 0.6) is 5.75 Å². The topological polar surface area (TPSA) is 227 Å². The molecular formula is C28H50N4O11S. The molecule has 3 amide bonds. The third kappa shape index (κ3) is 25.9. The lowest BCUT2D eigenvalue weighted by Crippen LogP contribution is -2.52. The van der Waals surface area contributed by atoms with E-state index in [1.165, 1.54) is 19.1 Å². The standard InChI is InChI=1S/C23H34N4O8.2C2H6.CH4O3S/c1-13(2)22(27-20(30)9-24-14(3)4)23(33)25-10-19(29)26-17-7-6-16(11-34-15(5)28)8-18(17)35-12-21(31)32;2*1-2;1-5(2,3)4/h6-8,13-14,22,24H,9-12H2,1-5H3,(H,25,33)(H,26,29)(H,27,30)(H,31,32);2*1-2H3;1H3,(H,2,3,4). The molecule has 6 N–H and O–H groups in total. The summed E-state index contributed by atoms with van der Waals surface area (Å²) >= 11 is 0. The van der Waals surface area contributed by atoms with Crippen LogP contribution in [0.25, 0.3) is 0 Å². The van der Waals surface area contributed by atoms with Crippen LogP contribution in [-0.2, 0) is 45.4 Å². The average Bonchev–Trinajstić information content (AvgIpc) is 2.93. The molecule has 1 aromatic carbocycles. The molecule has 1 rings (SSSR count). The number of hydrogen-bond donors (Lipinski definition) is 6. The summed E-state index contributed by atoms with van der Waals surface area (Å²) in [6.45, 7) is 15.5. The quantitative estimate of drug-likeness (QED) is 0.125. The van der Waals surface area contributed by atoms with Crippen LogP contribution in [0.1, 0.15) is 67.9 Å². The number of aliphatic carboxylic acids is 1. The fourth-order valence-corrected chi connectivity index (χ4v) is 2.73. The zero-order valence-corrected chi connectivity index (χ0v) is 28.1. The van der Waals surface area contributed by atoms with Crippen molar-refractivity contribution in [1.82, 2.24) is 16.0 Å². The maximum Gasteiger partial charge on any atom is 0.341 e. The molecule has 254 valence electrons. The zero-order valence-electron chi connectivity index (χ0n) is 27.3. The summed E-state index contributed by atoms with van der Waals surface area (Å²) in [7, 11) is -3.67. The predicted molar refractivity (Wildman–Crippen MR) is 167 cm³/mol. The molecule has 0 aliphatic rings. The van der Waals surface area contributed by atoms with E-state index in [2.05, 4.69) is 21.3 Å². The summed E-state index contributed by atoms with van der Waals surface area (Å²) in [5.74, 6) is -3.33. The minimum absolute atomic E-state index is 0.0568. The van der Waals surface area contributed by atoms with E-state index in [9.17, 15) is 32.4 Å². The number of carboxylic acids is 1. The van der Waals surface area contributed by atoms with Crippen LogP contribution in [0, 0.1) is 5.92 Å². The summed E-state index contributed by atoms with van der Waals surface area (Å²) in [4.78, 5) is 59.0. The Bertz CT molecular complexity index is 1130. The van der Waals surface area contributed by atoms with Gasteiger partial charge in [-0.25, -0.2) is 4.79 Å². The number of nitrogens with one attached hydrogen (secondary N) is 4. The molecule has 0 spiro atoms. The third-order valence-electron chi connectivity index (χ3n) is 4.47. The lowest BCUT2D eigenvalue weighted by molar-refractivity contribution is -0.142. The van der Waals surface area contributed by atoms with Crippen LogP contribution in [0.4, 0.5) is 5.69 Å². The van der Waals surface area contributed by atoms with Crippen LogP contribution < -0.4 is 26.0 Å². The number of carbonyl (C=O) groups excluding carboxylic acids is 4. The molecule has 44 heavy (non-hydrogen) atoms. The van der Waals surface area contributed by atoms with Crippen LogP contribution in [0.15, 0.2) is 18.2 Å². The molecule has 0 fully saturated rings. The van der Waals surface area contributed by atoms with Crippen molar-refractivity contribution in [3.63, 3.8) is 0 Å². The molecule has 0 saturated heterocycles. The second-order valence-corrected chi connectivity index (χ2v) is 10.6. The summed E-state index contributed by atoms with van der Waals surface area (Å²) in [5, 5.41) is 19.5. The van der Waals surface area contributed by atoms with Gasteiger partial charge in [0.25, 0.3) is 10.1 Å². The fourth-order valence-electron chi connectivity index (χ4n) is 2.73. The first-order valence-electron chi connectivity index (χ1n) is 14.0. The Balaban J connectivity index is -0.00000166. The first-order valence-corrected chi connectivity index (χ1v) is 15.9. The Hall–Kier alpha value is -3.76. The summed E-state index contributed by atoms with van der Waals surface area (Å²) in [6.07, 6.45) is 0.715. The van der Waals surface area contributed by atoms with E-state index in [4.69, 9.17) is 19.1 Å². The number of ether oxygens (including phenoxy) is 2. The van der Waals surface area contributed by atoms with Crippen LogP contribution >= 0.6 is 0 Å². The van der Waals surface area contributed by atoms with E-state index in [0.29, 0.717) is 11.8 Å². The maximum absolute atomic E-state index is 12.6. The van der Waals surface area contributed by atoms with Crippen LogP contribution in [0.2, 0.25) is 0 Å². The highest BCUT2D eigenvalue weighted by molar-refractivity contribution is 7.85. The number of amides is 3. The Morgan fingerprint density at radius 1 is 0.932 bits per heavy atom. The average molecular weight is 651 g/mol. The molecule has 1 atom stereocenters. The van der Waals surface area contributed by atoms with Crippen molar-refractivity contribution in [2.24, 2.45) is 5.92 Å². The SMILES string of the molecule is CC.CC.CC(=O)OCc1ccc(NC(=O)CNC(=O)C(NC(=O)CNC(C)C)C(C)C)c(OCC(=O)O)c1.CS(=O)(=O)O. The highest BCUT2D eigenvalue weighted by Gasteiger charge is 2.24. The molecule has 1 unspecified atom stereocenters. The van der Waals surface area contributed by atoms with Gasteiger partial charge >= 0.3 is 11.9 Å². The Kier molecular flexibility index (Phi) is 25.0. The molecular weight excluding hydrogens is 600 g/mol. The smallest absolute Gasteiger partial charge is 0.341 e. The van der Waals surface area contributed by atoms with Gasteiger partial charge in [-0.1, -0.05) is 61.5 Å². The molecule has 0 aromatic heterocycles. The molecule has 16 heteroatoms. The minimum Gasteiger partial charge on any atom is -0.480 e. The number of hydrogen-bond acceptors (Lipinski definition) is 10. The van der Waals surface area contributed by atoms with Gasteiger partial charge in [0, 0.05) is 13.0 Å². The van der Waals surface area contributed by atoms with Crippen molar-refractivity contribution in [3.05, 3.63) is 23.8 Å². The van der Waals surface area contributed by atoms with Gasteiger partial charge in [0.15, 0.2) is 6.61 Å². The number of carbonyl (C=O) groups is 5. The molecule has 0 aliphatic heterocycles. The van der Waals surface area contributed by atoms with Crippen molar-refractivity contribution in [2.75, 3.05) is 31.3 Å². The van der Waals surface area contributed by atoms with E-state index in [0.717, 1.165) is 0 Å². The highest BCUT2D eigenvalue weighted by Crippen LogP contribution is 2.26.